The van der Waals surface area contributed by atoms with Crippen LogP contribution in [-0.4, -0.2) is 17.0 Å². The molecule has 0 spiro atoms. The van der Waals surface area contributed by atoms with Crippen LogP contribution in [0.2, 0.25) is 5.02 Å². The molecule has 0 aromatic heterocycles. The fourth-order valence-electron chi connectivity index (χ4n) is 1.90. The highest BCUT2D eigenvalue weighted by molar-refractivity contribution is 6.30. The van der Waals surface area contributed by atoms with E-state index in [0.717, 1.165) is 5.56 Å². The monoisotopic (exact) mass is 303 g/mol. The van der Waals surface area contributed by atoms with Crippen LogP contribution in [0.15, 0.2) is 42.5 Å². The summed E-state index contributed by atoms with van der Waals surface area (Å²) in [6, 6.07) is 11.7. The van der Waals surface area contributed by atoms with Crippen molar-refractivity contribution >= 4 is 23.5 Å². The van der Waals surface area contributed by atoms with Gasteiger partial charge in [0, 0.05) is 17.1 Å². The predicted octanol–water partition coefficient (Wildman–Crippen LogP) is 3.28. The van der Waals surface area contributed by atoms with Crippen LogP contribution in [0.4, 0.5) is 0 Å². The molecule has 2 N–H and O–H groups in total. The van der Waals surface area contributed by atoms with Gasteiger partial charge in [-0.15, -0.1) is 0 Å². The van der Waals surface area contributed by atoms with Gasteiger partial charge in [0.25, 0.3) is 5.91 Å². The van der Waals surface area contributed by atoms with Crippen molar-refractivity contribution in [1.29, 1.82) is 0 Å². The molecule has 0 aliphatic rings. The van der Waals surface area contributed by atoms with Gasteiger partial charge >= 0.3 is 5.97 Å². The standard InChI is InChI=1S/C16H14ClNO3/c1-10-2-3-11(8-14(10)16(20)21)9-18-15(19)12-4-6-13(17)7-5-12/h2-8H,9H2,1H3,(H,18,19)(H,20,21). The highest BCUT2D eigenvalue weighted by Crippen LogP contribution is 2.12. The summed E-state index contributed by atoms with van der Waals surface area (Å²) in [4.78, 5) is 23.0. The number of benzene rings is 2. The number of carboxylic acid groups (broad SMARTS) is 1. The molecule has 0 heterocycles. The number of carboxylic acids is 1. The van der Waals surface area contributed by atoms with Gasteiger partial charge in [-0.1, -0.05) is 23.7 Å². The second-order valence-electron chi connectivity index (χ2n) is 4.64. The van der Waals surface area contributed by atoms with E-state index in [1.165, 1.54) is 0 Å². The first kappa shape index (κ1) is 15.1. The number of halogens is 1. The third kappa shape index (κ3) is 3.83. The van der Waals surface area contributed by atoms with Crippen LogP contribution in [0, 0.1) is 6.92 Å². The first-order chi connectivity index (χ1) is 9.97. The minimum atomic E-state index is -0.974. The van der Waals surface area contributed by atoms with Crippen molar-refractivity contribution in [2.45, 2.75) is 13.5 Å². The van der Waals surface area contributed by atoms with E-state index in [-0.39, 0.29) is 18.0 Å². The second kappa shape index (κ2) is 6.41. The fourth-order valence-corrected chi connectivity index (χ4v) is 2.02. The van der Waals surface area contributed by atoms with Crippen LogP contribution in [0.25, 0.3) is 0 Å². The number of carbonyl (C=O) groups excluding carboxylic acids is 1. The SMILES string of the molecule is Cc1ccc(CNC(=O)c2ccc(Cl)cc2)cc1C(=O)O. The van der Waals surface area contributed by atoms with E-state index in [2.05, 4.69) is 5.32 Å². The number of aryl methyl sites for hydroxylation is 1. The maximum absolute atomic E-state index is 11.9. The van der Waals surface area contributed by atoms with Gasteiger partial charge in [-0.25, -0.2) is 4.79 Å². The summed E-state index contributed by atoms with van der Waals surface area (Å²) in [6.45, 7) is 2.00. The lowest BCUT2D eigenvalue weighted by atomic mass is 10.0. The molecule has 0 aliphatic carbocycles. The molecule has 2 aromatic rings. The minimum absolute atomic E-state index is 0.232. The molecule has 0 unspecified atom stereocenters. The quantitative estimate of drug-likeness (QED) is 0.911. The Morgan fingerprint density at radius 3 is 2.43 bits per heavy atom. The Labute approximate surface area is 127 Å². The minimum Gasteiger partial charge on any atom is -0.478 e. The maximum atomic E-state index is 11.9. The molecule has 21 heavy (non-hydrogen) atoms. The molecule has 1 amide bonds. The van der Waals surface area contributed by atoms with E-state index in [1.807, 2.05) is 0 Å². The Balaban J connectivity index is 2.06. The van der Waals surface area contributed by atoms with Crippen molar-refractivity contribution < 1.29 is 14.7 Å². The summed E-state index contributed by atoms with van der Waals surface area (Å²) in [7, 11) is 0. The van der Waals surface area contributed by atoms with Crippen LogP contribution < -0.4 is 5.32 Å². The zero-order chi connectivity index (χ0) is 15.4. The number of rotatable bonds is 4. The van der Waals surface area contributed by atoms with E-state index >= 15 is 0 Å². The molecule has 0 saturated carbocycles. The molecule has 2 rings (SSSR count). The molecular formula is C16H14ClNO3. The Morgan fingerprint density at radius 2 is 1.81 bits per heavy atom. The van der Waals surface area contributed by atoms with Crippen molar-refractivity contribution in [3.05, 3.63) is 69.7 Å². The van der Waals surface area contributed by atoms with Gasteiger partial charge in [-0.2, -0.15) is 0 Å². The van der Waals surface area contributed by atoms with Gasteiger partial charge in [0.2, 0.25) is 0 Å². The Hall–Kier alpha value is -2.33. The smallest absolute Gasteiger partial charge is 0.335 e. The maximum Gasteiger partial charge on any atom is 0.335 e. The number of amides is 1. The summed E-state index contributed by atoms with van der Waals surface area (Å²) in [6.07, 6.45) is 0. The highest BCUT2D eigenvalue weighted by Gasteiger charge is 2.09. The van der Waals surface area contributed by atoms with E-state index in [4.69, 9.17) is 16.7 Å². The number of hydrogen-bond acceptors (Lipinski definition) is 2. The van der Waals surface area contributed by atoms with Crippen LogP contribution in [-0.2, 0) is 6.54 Å². The second-order valence-corrected chi connectivity index (χ2v) is 5.08. The summed E-state index contributed by atoms with van der Waals surface area (Å²) in [5.74, 6) is -1.21. The van der Waals surface area contributed by atoms with Gasteiger partial charge < -0.3 is 10.4 Å². The first-order valence-corrected chi connectivity index (χ1v) is 6.72. The van der Waals surface area contributed by atoms with Gasteiger partial charge in [-0.05, 0) is 48.4 Å². The number of hydrogen-bond donors (Lipinski definition) is 2. The third-order valence-electron chi connectivity index (χ3n) is 3.09. The largest absolute Gasteiger partial charge is 0.478 e. The van der Waals surface area contributed by atoms with Gasteiger partial charge in [0.15, 0.2) is 0 Å². The molecule has 0 saturated heterocycles. The lowest BCUT2D eigenvalue weighted by molar-refractivity contribution is 0.0696. The average Bonchev–Trinajstić information content (AvgIpc) is 2.46. The predicted molar refractivity (Wildman–Crippen MR) is 80.8 cm³/mol. The lowest BCUT2D eigenvalue weighted by Gasteiger charge is -2.08. The van der Waals surface area contributed by atoms with E-state index in [0.29, 0.717) is 16.1 Å². The zero-order valence-electron chi connectivity index (χ0n) is 11.4. The molecule has 5 heteroatoms. The number of carbonyl (C=O) groups is 2. The van der Waals surface area contributed by atoms with Gasteiger partial charge in [0.05, 0.1) is 5.56 Å². The summed E-state index contributed by atoms with van der Waals surface area (Å²) in [5.41, 5.74) is 2.17. The normalized spacial score (nSPS) is 10.2. The van der Waals surface area contributed by atoms with Crippen LogP contribution in [0.3, 0.4) is 0 Å². The highest BCUT2D eigenvalue weighted by atomic mass is 35.5. The topological polar surface area (TPSA) is 66.4 Å². The van der Waals surface area contributed by atoms with Crippen molar-refractivity contribution in [2.24, 2.45) is 0 Å². The molecule has 0 atom stereocenters. The first-order valence-electron chi connectivity index (χ1n) is 6.34. The third-order valence-corrected chi connectivity index (χ3v) is 3.34. The van der Waals surface area contributed by atoms with E-state index in [1.54, 1.807) is 49.4 Å². The Bertz CT molecular complexity index is 680. The molecule has 0 aliphatic heterocycles. The fraction of sp³-hybridized carbons (Fsp3) is 0.125. The van der Waals surface area contributed by atoms with Crippen molar-refractivity contribution in [1.82, 2.24) is 5.32 Å². The molecule has 0 radical (unpaired) electrons. The average molecular weight is 304 g/mol. The molecule has 2 aromatic carbocycles. The van der Waals surface area contributed by atoms with Crippen molar-refractivity contribution in [3.8, 4) is 0 Å². The molecule has 108 valence electrons. The Morgan fingerprint density at radius 1 is 1.14 bits per heavy atom. The van der Waals surface area contributed by atoms with Crippen molar-refractivity contribution in [3.63, 3.8) is 0 Å². The summed E-state index contributed by atoms with van der Waals surface area (Å²) < 4.78 is 0. The van der Waals surface area contributed by atoms with Crippen LogP contribution >= 0.6 is 11.6 Å². The lowest BCUT2D eigenvalue weighted by Crippen LogP contribution is -2.22. The van der Waals surface area contributed by atoms with Crippen LogP contribution in [0.1, 0.15) is 31.8 Å². The summed E-state index contributed by atoms with van der Waals surface area (Å²) in [5, 5.41) is 12.4. The summed E-state index contributed by atoms with van der Waals surface area (Å²) >= 11 is 5.76. The van der Waals surface area contributed by atoms with E-state index in [9.17, 15) is 9.59 Å². The number of aromatic carboxylic acids is 1. The molecule has 0 bridgehead atoms. The van der Waals surface area contributed by atoms with Gasteiger partial charge in [-0.3, -0.25) is 4.79 Å². The zero-order valence-corrected chi connectivity index (χ0v) is 12.1. The van der Waals surface area contributed by atoms with E-state index < -0.39 is 5.97 Å². The molecule has 0 fully saturated rings. The van der Waals surface area contributed by atoms with Crippen LogP contribution in [0.5, 0.6) is 0 Å². The molecule has 4 nitrogen and oxygen atoms in total. The number of nitrogens with one attached hydrogen (secondary N) is 1. The van der Waals surface area contributed by atoms with Gasteiger partial charge in [0.1, 0.15) is 0 Å². The molecular weight excluding hydrogens is 290 g/mol. The van der Waals surface area contributed by atoms with Crippen molar-refractivity contribution in [2.75, 3.05) is 0 Å². The Kier molecular flexibility index (Phi) is 4.60.